The van der Waals surface area contributed by atoms with Crippen molar-refractivity contribution in [1.82, 2.24) is 0 Å². The highest BCUT2D eigenvalue weighted by molar-refractivity contribution is 9.10. The predicted molar refractivity (Wildman–Crippen MR) is 102 cm³/mol. The molecular formula is C19H22BrNO4. The number of carbonyl (C=O) groups excluding carboxylic acids is 1. The van der Waals surface area contributed by atoms with Crippen LogP contribution in [0.2, 0.25) is 0 Å². The topological polar surface area (TPSA) is 56.8 Å². The Balaban J connectivity index is 1.96. The van der Waals surface area contributed by atoms with Gasteiger partial charge in [0, 0.05) is 18.4 Å². The summed E-state index contributed by atoms with van der Waals surface area (Å²) < 4.78 is 16.8. The second kappa shape index (κ2) is 10.1. The first-order valence-electron chi connectivity index (χ1n) is 8.09. The maximum Gasteiger partial charge on any atom is 0.255 e. The molecule has 0 aliphatic heterocycles. The van der Waals surface area contributed by atoms with Gasteiger partial charge in [0.25, 0.3) is 5.91 Å². The Kier molecular flexibility index (Phi) is 7.76. The van der Waals surface area contributed by atoms with Crippen molar-refractivity contribution in [2.75, 3.05) is 32.2 Å². The van der Waals surface area contributed by atoms with Crippen molar-refractivity contribution in [1.29, 1.82) is 0 Å². The van der Waals surface area contributed by atoms with Crippen LogP contribution in [0.4, 0.5) is 5.69 Å². The molecule has 2 rings (SSSR count). The number of methoxy groups -OCH3 is 1. The molecule has 0 atom stereocenters. The molecule has 0 aliphatic rings. The number of carbonyl (C=O) groups is 1. The van der Waals surface area contributed by atoms with Crippen molar-refractivity contribution in [3.63, 3.8) is 0 Å². The Morgan fingerprint density at radius 3 is 2.44 bits per heavy atom. The molecule has 2 aromatic carbocycles. The minimum atomic E-state index is -0.184. The molecule has 0 saturated carbocycles. The third-order valence-corrected chi connectivity index (χ3v) is 3.94. The number of hydrogen-bond donors (Lipinski definition) is 1. The first kappa shape index (κ1) is 19.3. The van der Waals surface area contributed by atoms with Crippen LogP contribution in [0.3, 0.4) is 0 Å². The van der Waals surface area contributed by atoms with Gasteiger partial charge in [-0.05, 0) is 64.8 Å². The average Bonchev–Trinajstić information content (AvgIpc) is 2.62. The average molecular weight is 408 g/mol. The number of halogens is 1. The van der Waals surface area contributed by atoms with Gasteiger partial charge in [-0.2, -0.15) is 0 Å². The number of rotatable bonds is 9. The highest BCUT2D eigenvalue weighted by Gasteiger charge is 2.10. The van der Waals surface area contributed by atoms with Crippen LogP contribution in [0, 0.1) is 0 Å². The van der Waals surface area contributed by atoms with Crippen molar-refractivity contribution in [2.45, 2.75) is 13.3 Å². The summed E-state index contributed by atoms with van der Waals surface area (Å²) in [4.78, 5) is 12.4. The molecule has 1 amide bonds. The molecule has 0 bridgehead atoms. The van der Waals surface area contributed by atoms with E-state index in [-0.39, 0.29) is 5.91 Å². The third-order valence-electron chi connectivity index (χ3n) is 3.32. The van der Waals surface area contributed by atoms with Gasteiger partial charge in [-0.1, -0.05) is 6.92 Å². The second-order valence-electron chi connectivity index (χ2n) is 5.31. The zero-order chi connectivity index (χ0) is 18.1. The van der Waals surface area contributed by atoms with Gasteiger partial charge in [0.2, 0.25) is 0 Å². The molecule has 0 aromatic heterocycles. The molecule has 2 aromatic rings. The van der Waals surface area contributed by atoms with Crippen molar-refractivity contribution in [3.05, 3.63) is 52.5 Å². The Bertz CT molecular complexity index is 688. The zero-order valence-electron chi connectivity index (χ0n) is 14.4. The summed E-state index contributed by atoms with van der Waals surface area (Å²) in [5, 5.41) is 2.86. The van der Waals surface area contributed by atoms with Crippen molar-refractivity contribution in [3.8, 4) is 11.5 Å². The summed E-state index contributed by atoms with van der Waals surface area (Å²) in [6, 6.07) is 12.5. The van der Waals surface area contributed by atoms with Crippen LogP contribution < -0.4 is 14.8 Å². The summed E-state index contributed by atoms with van der Waals surface area (Å²) in [7, 11) is 1.63. The summed E-state index contributed by atoms with van der Waals surface area (Å²) in [5.74, 6) is 1.28. The lowest BCUT2D eigenvalue weighted by molar-refractivity contribution is 0.102. The number of anilines is 1. The van der Waals surface area contributed by atoms with Gasteiger partial charge in [0.1, 0.15) is 18.1 Å². The Labute approximate surface area is 156 Å². The van der Waals surface area contributed by atoms with E-state index in [0.717, 1.165) is 22.4 Å². The Morgan fingerprint density at radius 1 is 1.04 bits per heavy atom. The minimum absolute atomic E-state index is 0.184. The predicted octanol–water partition coefficient (Wildman–Crippen LogP) is 4.52. The lowest BCUT2D eigenvalue weighted by Crippen LogP contribution is -2.12. The number of ether oxygens (including phenoxy) is 3. The van der Waals surface area contributed by atoms with Crippen LogP contribution in [0.25, 0.3) is 0 Å². The van der Waals surface area contributed by atoms with Crippen molar-refractivity contribution >= 4 is 27.5 Å². The Morgan fingerprint density at radius 2 is 1.80 bits per heavy atom. The van der Waals surface area contributed by atoms with Crippen LogP contribution >= 0.6 is 15.9 Å². The van der Waals surface area contributed by atoms with E-state index in [2.05, 4.69) is 21.2 Å². The normalized spacial score (nSPS) is 10.4. The fraction of sp³-hybridized carbons (Fsp3) is 0.316. The monoisotopic (exact) mass is 407 g/mol. The molecule has 0 radical (unpaired) electrons. The number of benzene rings is 2. The maximum atomic E-state index is 12.4. The first-order chi connectivity index (χ1) is 12.1. The van der Waals surface area contributed by atoms with E-state index in [4.69, 9.17) is 14.2 Å². The summed E-state index contributed by atoms with van der Waals surface area (Å²) in [6.45, 7) is 3.71. The van der Waals surface area contributed by atoms with E-state index in [1.165, 1.54) is 0 Å². The summed E-state index contributed by atoms with van der Waals surface area (Å²) in [6.07, 6.45) is 0.930. The number of nitrogens with one attached hydrogen (secondary N) is 1. The van der Waals surface area contributed by atoms with Crippen LogP contribution in [0.5, 0.6) is 11.5 Å². The van der Waals surface area contributed by atoms with Crippen LogP contribution in [-0.2, 0) is 4.74 Å². The molecule has 0 unspecified atom stereocenters. The van der Waals surface area contributed by atoms with Gasteiger partial charge < -0.3 is 19.5 Å². The van der Waals surface area contributed by atoms with E-state index < -0.39 is 0 Å². The highest BCUT2D eigenvalue weighted by Crippen LogP contribution is 2.26. The van der Waals surface area contributed by atoms with Crippen molar-refractivity contribution < 1.29 is 19.0 Å². The first-order valence-corrected chi connectivity index (χ1v) is 8.89. The fourth-order valence-electron chi connectivity index (χ4n) is 2.05. The van der Waals surface area contributed by atoms with E-state index in [9.17, 15) is 4.79 Å². The van der Waals surface area contributed by atoms with Crippen LogP contribution in [-0.4, -0.2) is 32.8 Å². The molecule has 0 spiro atoms. The molecule has 134 valence electrons. The Hall–Kier alpha value is -2.05. The summed E-state index contributed by atoms with van der Waals surface area (Å²) >= 11 is 3.44. The highest BCUT2D eigenvalue weighted by atomic mass is 79.9. The molecule has 0 fully saturated rings. The zero-order valence-corrected chi connectivity index (χ0v) is 16.0. The van der Waals surface area contributed by atoms with E-state index in [1.54, 1.807) is 37.4 Å². The van der Waals surface area contributed by atoms with Gasteiger partial charge in [0.05, 0.1) is 17.7 Å². The quantitative estimate of drug-likeness (QED) is 0.620. The maximum absolute atomic E-state index is 12.4. The van der Waals surface area contributed by atoms with Gasteiger partial charge in [-0.25, -0.2) is 0 Å². The molecular weight excluding hydrogens is 386 g/mol. The molecule has 0 heterocycles. The standard InChI is InChI=1S/C19H22BrNO4/c1-3-10-25-18-9-4-14(13-17(18)20)19(22)21-15-5-7-16(8-6-15)24-12-11-23-2/h4-9,13H,3,10-12H2,1-2H3,(H,21,22). The third kappa shape index (κ3) is 6.07. The summed E-state index contributed by atoms with van der Waals surface area (Å²) in [5.41, 5.74) is 1.25. The molecule has 6 heteroatoms. The lowest BCUT2D eigenvalue weighted by Gasteiger charge is -2.10. The number of hydrogen-bond acceptors (Lipinski definition) is 4. The van der Waals surface area contributed by atoms with Gasteiger partial charge >= 0.3 is 0 Å². The second-order valence-corrected chi connectivity index (χ2v) is 6.17. The van der Waals surface area contributed by atoms with E-state index in [1.807, 2.05) is 19.1 Å². The molecule has 5 nitrogen and oxygen atoms in total. The smallest absolute Gasteiger partial charge is 0.255 e. The molecule has 1 N–H and O–H groups in total. The molecule has 0 aliphatic carbocycles. The lowest BCUT2D eigenvalue weighted by atomic mass is 10.2. The minimum Gasteiger partial charge on any atom is -0.492 e. The molecule has 25 heavy (non-hydrogen) atoms. The van der Waals surface area contributed by atoms with Gasteiger partial charge in [0.15, 0.2) is 0 Å². The largest absolute Gasteiger partial charge is 0.492 e. The van der Waals surface area contributed by atoms with E-state index >= 15 is 0 Å². The fourth-order valence-corrected chi connectivity index (χ4v) is 2.55. The van der Waals surface area contributed by atoms with Crippen LogP contribution in [0.1, 0.15) is 23.7 Å². The number of amides is 1. The SMILES string of the molecule is CCCOc1ccc(C(=O)Nc2ccc(OCCOC)cc2)cc1Br. The van der Waals surface area contributed by atoms with Crippen LogP contribution in [0.15, 0.2) is 46.9 Å². The van der Waals surface area contributed by atoms with Gasteiger partial charge in [-0.15, -0.1) is 0 Å². The molecule has 0 saturated heterocycles. The van der Waals surface area contributed by atoms with E-state index in [0.29, 0.717) is 31.1 Å². The van der Waals surface area contributed by atoms with Gasteiger partial charge in [-0.3, -0.25) is 4.79 Å². The van der Waals surface area contributed by atoms with Crippen molar-refractivity contribution in [2.24, 2.45) is 0 Å².